The Labute approximate surface area is 101 Å². The van der Waals surface area contributed by atoms with Gasteiger partial charge in [-0.25, -0.2) is 8.78 Å². The quantitative estimate of drug-likeness (QED) is 0.779. The summed E-state index contributed by atoms with van der Waals surface area (Å²) >= 11 is 0. The van der Waals surface area contributed by atoms with Gasteiger partial charge in [0.25, 0.3) is 0 Å². The van der Waals surface area contributed by atoms with Crippen LogP contribution in [0.1, 0.15) is 26.7 Å². The zero-order chi connectivity index (χ0) is 12.9. The lowest BCUT2D eigenvalue weighted by Gasteiger charge is -2.21. The molecule has 96 valence electrons. The standard InChI is InChI=1S/C13H19F2NO/c1-13(2,9-16)6-3-7-17-12-5-4-10(14)8-11(12)15/h4-5,8H,3,6-7,9,16H2,1-2H3. The van der Waals surface area contributed by atoms with Crippen LogP contribution in [0.2, 0.25) is 0 Å². The first-order valence-corrected chi connectivity index (χ1v) is 5.72. The van der Waals surface area contributed by atoms with Crippen molar-refractivity contribution in [3.63, 3.8) is 0 Å². The summed E-state index contributed by atoms with van der Waals surface area (Å²) in [6, 6.07) is 3.31. The van der Waals surface area contributed by atoms with Gasteiger partial charge in [-0.1, -0.05) is 13.8 Å². The van der Waals surface area contributed by atoms with E-state index in [0.29, 0.717) is 13.2 Å². The molecule has 0 aromatic heterocycles. The molecule has 2 N–H and O–H groups in total. The predicted octanol–water partition coefficient (Wildman–Crippen LogP) is 3.11. The fourth-order valence-corrected chi connectivity index (χ4v) is 1.43. The number of nitrogens with two attached hydrogens (primary N) is 1. The third kappa shape index (κ3) is 4.69. The van der Waals surface area contributed by atoms with Crippen LogP contribution in [0.25, 0.3) is 0 Å². The summed E-state index contributed by atoms with van der Waals surface area (Å²) in [6.07, 6.45) is 1.70. The Morgan fingerprint density at radius 1 is 1.29 bits per heavy atom. The van der Waals surface area contributed by atoms with E-state index in [1.54, 1.807) is 0 Å². The summed E-state index contributed by atoms with van der Waals surface area (Å²) in [7, 11) is 0. The average Bonchev–Trinajstić information content (AvgIpc) is 2.27. The van der Waals surface area contributed by atoms with Crippen molar-refractivity contribution in [3.8, 4) is 5.75 Å². The molecule has 2 nitrogen and oxygen atoms in total. The van der Waals surface area contributed by atoms with E-state index in [4.69, 9.17) is 10.5 Å². The first kappa shape index (κ1) is 13.9. The average molecular weight is 243 g/mol. The van der Waals surface area contributed by atoms with Gasteiger partial charge < -0.3 is 10.5 Å². The molecule has 0 spiro atoms. The molecule has 0 radical (unpaired) electrons. The molecule has 1 rings (SSSR count). The van der Waals surface area contributed by atoms with Crippen molar-refractivity contribution >= 4 is 0 Å². The third-order valence-corrected chi connectivity index (χ3v) is 2.70. The van der Waals surface area contributed by atoms with Crippen LogP contribution in [-0.4, -0.2) is 13.2 Å². The van der Waals surface area contributed by atoms with Crippen LogP contribution in [0.5, 0.6) is 5.75 Å². The van der Waals surface area contributed by atoms with Crippen LogP contribution in [-0.2, 0) is 0 Å². The summed E-state index contributed by atoms with van der Waals surface area (Å²) in [5, 5.41) is 0. The Hall–Kier alpha value is -1.16. The molecule has 17 heavy (non-hydrogen) atoms. The lowest BCUT2D eigenvalue weighted by atomic mass is 9.88. The Morgan fingerprint density at radius 2 is 2.00 bits per heavy atom. The molecule has 0 amide bonds. The van der Waals surface area contributed by atoms with Crippen LogP contribution in [0, 0.1) is 17.0 Å². The summed E-state index contributed by atoms with van der Waals surface area (Å²) in [4.78, 5) is 0. The molecule has 0 aliphatic rings. The molecule has 4 heteroatoms. The molecule has 0 heterocycles. The van der Waals surface area contributed by atoms with Crippen molar-refractivity contribution < 1.29 is 13.5 Å². The minimum atomic E-state index is -0.664. The first-order chi connectivity index (χ1) is 7.94. The van der Waals surface area contributed by atoms with Crippen LogP contribution in [0.15, 0.2) is 18.2 Å². The molecule has 0 aliphatic heterocycles. The highest BCUT2D eigenvalue weighted by molar-refractivity contribution is 5.24. The van der Waals surface area contributed by atoms with Crippen LogP contribution in [0.3, 0.4) is 0 Å². The number of hydrogen-bond donors (Lipinski definition) is 1. The lowest BCUT2D eigenvalue weighted by molar-refractivity contribution is 0.253. The summed E-state index contributed by atoms with van der Waals surface area (Å²) in [5.41, 5.74) is 5.67. The number of benzene rings is 1. The molecule has 0 saturated heterocycles. The van der Waals surface area contributed by atoms with E-state index in [1.807, 2.05) is 0 Å². The van der Waals surface area contributed by atoms with E-state index in [0.717, 1.165) is 18.9 Å². The van der Waals surface area contributed by atoms with Gasteiger partial charge in [0.1, 0.15) is 5.82 Å². The van der Waals surface area contributed by atoms with Gasteiger partial charge in [0.05, 0.1) is 6.61 Å². The minimum Gasteiger partial charge on any atom is -0.491 e. The Bertz CT molecular complexity index is 366. The van der Waals surface area contributed by atoms with Gasteiger partial charge >= 0.3 is 0 Å². The number of halogens is 2. The molecule has 0 atom stereocenters. The maximum absolute atomic E-state index is 13.2. The largest absolute Gasteiger partial charge is 0.491 e. The maximum Gasteiger partial charge on any atom is 0.167 e. The molecule has 1 aromatic carbocycles. The van der Waals surface area contributed by atoms with Crippen LogP contribution >= 0.6 is 0 Å². The lowest BCUT2D eigenvalue weighted by Crippen LogP contribution is -2.24. The second kappa shape index (κ2) is 5.96. The SMILES string of the molecule is CC(C)(CN)CCCOc1ccc(F)cc1F. The van der Waals surface area contributed by atoms with Crippen molar-refractivity contribution in [1.29, 1.82) is 0 Å². The minimum absolute atomic E-state index is 0.0741. The monoisotopic (exact) mass is 243 g/mol. The highest BCUT2D eigenvalue weighted by Gasteiger charge is 2.14. The van der Waals surface area contributed by atoms with E-state index in [1.165, 1.54) is 12.1 Å². The normalized spacial score (nSPS) is 11.6. The summed E-state index contributed by atoms with van der Waals surface area (Å²) in [6.45, 7) is 5.17. The number of ether oxygens (including phenoxy) is 1. The Kier molecular flexibility index (Phi) is 4.87. The van der Waals surface area contributed by atoms with E-state index in [9.17, 15) is 8.78 Å². The van der Waals surface area contributed by atoms with Gasteiger partial charge in [0.15, 0.2) is 11.6 Å². The highest BCUT2D eigenvalue weighted by atomic mass is 19.1. The van der Waals surface area contributed by atoms with Gasteiger partial charge in [0, 0.05) is 6.07 Å². The molecule has 0 bridgehead atoms. The number of hydrogen-bond acceptors (Lipinski definition) is 2. The first-order valence-electron chi connectivity index (χ1n) is 5.72. The Morgan fingerprint density at radius 3 is 2.59 bits per heavy atom. The second-order valence-electron chi connectivity index (χ2n) is 4.90. The van der Waals surface area contributed by atoms with Crippen LogP contribution in [0.4, 0.5) is 8.78 Å². The molecule has 0 fully saturated rings. The van der Waals surface area contributed by atoms with Crippen molar-refractivity contribution in [3.05, 3.63) is 29.8 Å². The van der Waals surface area contributed by atoms with Gasteiger partial charge in [-0.2, -0.15) is 0 Å². The van der Waals surface area contributed by atoms with Gasteiger partial charge in [-0.3, -0.25) is 0 Å². The summed E-state index contributed by atoms with van der Waals surface area (Å²) in [5.74, 6) is -1.17. The van der Waals surface area contributed by atoms with Crippen molar-refractivity contribution in [1.82, 2.24) is 0 Å². The smallest absolute Gasteiger partial charge is 0.167 e. The maximum atomic E-state index is 13.2. The predicted molar refractivity (Wildman–Crippen MR) is 63.9 cm³/mol. The van der Waals surface area contributed by atoms with Gasteiger partial charge in [-0.15, -0.1) is 0 Å². The highest BCUT2D eigenvalue weighted by Crippen LogP contribution is 2.22. The topological polar surface area (TPSA) is 35.2 Å². The number of rotatable bonds is 6. The Balaban J connectivity index is 2.36. The van der Waals surface area contributed by atoms with Crippen molar-refractivity contribution in [2.24, 2.45) is 11.1 Å². The molecule has 1 aromatic rings. The van der Waals surface area contributed by atoms with E-state index in [-0.39, 0.29) is 11.2 Å². The van der Waals surface area contributed by atoms with Crippen LogP contribution < -0.4 is 10.5 Å². The van der Waals surface area contributed by atoms with E-state index >= 15 is 0 Å². The zero-order valence-electron chi connectivity index (χ0n) is 10.3. The second-order valence-corrected chi connectivity index (χ2v) is 4.90. The van der Waals surface area contributed by atoms with Crippen molar-refractivity contribution in [2.45, 2.75) is 26.7 Å². The fourth-order valence-electron chi connectivity index (χ4n) is 1.43. The zero-order valence-corrected chi connectivity index (χ0v) is 10.3. The van der Waals surface area contributed by atoms with E-state index < -0.39 is 11.6 Å². The fraction of sp³-hybridized carbons (Fsp3) is 0.538. The molecular formula is C13H19F2NO. The molecule has 0 aliphatic carbocycles. The molecule has 0 saturated carbocycles. The van der Waals surface area contributed by atoms with Gasteiger partial charge in [0.2, 0.25) is 0 Å². The van der Waals surface area contributed by atoms with Gasteiger partial charge in [-0.05, 0) is 36.9 Å². The molecular weight excluding hydrogens is 224 g/mol. The molecule has 0 unspecified atom stereocenters. The van der Waals surface area contributed by atoms with Crippen molar-refractivity contribution in [2.75, 3.05) is 13.2 Å². The summed E-state index contributed by atoms with van der Waals surface area (Å²) < 4.78 is 31.1. The third-order valence-electron chi connectivity index (χ3n) is 2.70. The van der Waals surface area contributed by atoms with E-state index in [2.05, 4.69) is 13.8 Å².